The second-order valence-corrected chi connectivity index (χ2v) is 6.23. The Hall–Kier alpha value is -3.95. The van der Waals surface area contributed by atoms with Crippen molar-refractivity contribution < 1.29 is 13.6 Å². The number of carbonyl (C=O) groups excluding carboxylic acids is 1. The molecule has 10 heteroatoms. The minimum absolute atomic E-state index is 0.0110. The summed E-state index contributed by atoms with van der Waals surface area (Å²) in [4.78, 5) is 28.9. The number of halogens is 2. The normalized spacial score (nSPS) is 11.0. The van der Waals surface area contributed by atoms with Crippen LogP contribution in [0.25, 0.3) is 16.9 Å². The van der Waals surface area contributed by atoms with Gasteiger partial charge in [0.2, 0.25) is 5.91 Å². The number of carbonyl (C=O) groups is 1. The molecule has 0 aliphatic carbocycles. The summed E-state index contributed by atoms with van der Waals surface area (Å²) in [6.07, 6.45) is 1.23. The van der Waals surface area contributed by atoms with Gasteiger partial charge in [0.15, 0.2) is 11.2 Å². The molecular formula is C19H14F2N6O2. The first kappa shape index (κ1) is 18.4. The molecule has 29 heavy (non-hydrogen) atoms. The van der Waals surface area contributed by atoms with E-state index in [1.165, 1.54) is 47.4 Å². The van der Waals surface area contributed by atoms with Crippen molar-refractivity contribution in [2.24, 2.45) is 0 Å². The lowest BCUT2D eigenvalue weighted by molar-refractivity contribution is -0.121. The molecular weight excluding hydrogens is 382 g/mol. The van der Waals surface area contributed by atoms with Crippen LogP contribution in [0.5, 0.6) is 0 Å². The molecule has 0 saturated carbocycles. The molecule has 0 bridgehead atoms. The second-order valence-electron chi connectivity index (χ2n) is 6.23. The van der Waals surface area contributed by atoms with Gasteiger partial charge in [-0.15, -0.1) is 5.10 Å². The van der Waals surface area contributed by atoms with Crippen LogP contribution in [0.2, 0.25) is 0 Å². The summed E-state index contributed by atoms with van der Waals surface area (Å²) in [6, 6.07) is 11.2. The van der Waals surface area contributed by atoms with Crippen LogP contribution >= 0.6 is 0 Å². The number of aromatic nitrogens is 5. The molecule has 0 unspecified atom stereocenters. The highest BCUT2D eigenvalue weighted by Crippen LogP contribution is 2.12. The third-order valence-electron chi connectivity index (χ3n) is 4.22. The molecule has 1 amide bonds. The van der Waals surface area contributed by atoms with Crippen molar-refractivity contribution in [3.63, 3.8) is 0 Å². The summed E-state index contributed by atoms with van der Waals surface area (Å²) in [7, 11) is 0. The standard InChI is InChI=1S/C19H14F2N6O2/c20-13-3-1-12(2-4-13)9-22-16(28)10-26-11-23-18-17(19(26)29)24-25-27(18)15-7-5-14(21)6-8-15/h1-8,11H,9-10H2,(H,22,28). The molecule has 146 valence electrons. The van der Waals surface area contributed by atoms with E-state index in [1.54, 1.807) is 12.1 Å². The molecule has 2 aromatic heterocycles. The quantitative estimate of drug-likeness (QED) is 0.553. The molecule has 0 spiro atoms. The van der Waals surface area contributed by atoms with Gasteiger partial charge < -0.3 is 5.32 Å². The lowest BCUT2D eigenvalue weighted by Gasteiger charge is -2.07. The molecule has 8 nitrogen and oxygen atoms in total. The molecule has 0 aliphatic heterocycles. The lowest BCUT2D eigenvalue weighted by Crippen LogP contribution is -2.32. The SMILES string of the molecule is O=C(Cn1cnc2c(nnn2-c2ccc(F)cc2)c1=O)NCc1ccc(F)cc1. The van der Waals surface area contributed by atoms with Gasteiger partial charge in [0.25, 0.3) is 5.56 Å². The van der Waals surface area contributed by atoms with Crippen molar-refractivity contribution in [2.75, 3.05) is 0 Å². The minimum atomic E-state index is -0.528. The number of hydrogen-bond acceptors (Lipinski definition) is 5. The average molecular weight is 396 g/mol. The van der Waals surface area contributed by atoms with Crippen LogP contribution in [-0.4, -0.2) is 30.5 Å². The summed E-state index contributed by atoms with van der Waals surface area (Å²) in [5.74, 6) is -1.18. The molecule has 2 aromatic carbocycles. The number of rotatable bonds is 5. The zero-order valence-electron chi connectivity index (χ0n) is 14.9. The summed E-state index contributed by atoms with van der Waals surface area (Å²) >= 11 is 0. The van der Waals surface area contributed by atoms with Crippen LogP contribution in [-0.2, 0) is 17.9 Å². The Morgan fingerprint density at radius 3 is 2.34 bits per heavy atom. The molecule has 0 aliphatic rings. The van der Waals surface area contributed by atoms with E-state index < -0.39 is 17.3 Å². The second kappa shape index (κ2) is 7.58. The zero-order chi connectivity index (χ0) is 20.4. The fourth-order valence-electron chi connectivity index (χ4n) is 2.73. The molecule has 4 aromatic rings. The molecule has 2 heterocycles. The molecule has 1 N–H and O–H groups in total. The Labute approximate surface area is 162 Å². The number of nitrogens with one attached hydrogen (secondary N) is 1. The van der Waals surface area contributed by atoms with Crippen LogP contribution in [0.3, 0.4) is 0 Å². The molecule has 4 rings (SSSR count). The van der Waals surface area contributed by atoms with Crippen LogP contribution in [0, 0.1) is 11.6 Å². The van der Waals surface area contributed by atoms with Gasteiger partial charge in [-0.05, 0) is 42.0 Å². The maximum Gasteiger partial charge on any atom is 0.284 e. The number of benzene rings is 2. The van der Waals surface area contributed by atoms with Gasteiger partial charge in [0.1, 0.15) is 24.5 Å². The Morgan fingerprint density at radius 1 is 1.00 bits per heavy atom. The van der Waals surface area contributed by atoms with Gasteiger partial charge in [0, 0.05) is 6.54 Å². The van der Waals surface area contributed by atoms with Crippen molar-refractivity contribution in [1.82, 2.24) is 29.9 Å². The van der Waals surface area contributed by atoms with Crippen molar-refractivity contribution in [1.29, 1.82) is 0 Å². The van der Waals surface area contributed by atoms with Crippen molar-refractivity contribution >= 4 is 17.1 Å². The van der Waals surface area contributed by atoms with Gasteiger partial charge in [-0.1, -0.05) is 17.3 Å². The highest BCUT2D eigenvalue weighted by Gasteiger charge is 2.15. The van der Waals surface area contributed by atoms with E-state index in [4.69, 9.17) is 0 Å². The van der Waals surface area contributed by atoms with Crippen LogP contribution in [0.4, 0.5) is 8.78 Å². The Morgan fingerprint density at radius 2 is 1.66 bits per heavy atom. The molecule has 0 atom stereocenters. The monoisotopic (exact) mass is 396 g/mol. The summed E-state index contributed by atoms with van der Waals surface area (Å²) in [5, 5.41) is 10.4. The summed E-state index contributed by atoms with van der Waals surface area (Å²) < 4.78 is 28.4. The number of hydrogen-bond donors (Lipinski definition) is 1. The van der Waals surface area contributed by atoms with Gasteiger partial charge in [-0.2, -0.15) is 4.68 Å². The number of nitrogens with zero attached hydrogens (tertiary/aromatic N) is 5. The van der Waals surface area contributed by atoms with Crippen LogP contribution in [0.1, 0.15) is 5.56 Å². The van der Waals surface area contributed by atoms with Gasteiger partial charge in [-0.3, -0.25) is 14.2 Å². The van der Waals surface area contributed by atoms with Gasteiger partial charge in [0.05, 0.1) is 5.69 Å². The summed E-state index contributed by atoms with van der Waals surface area (Å²) in [6.45, 7) is -0.0589. The van der Waals surface area contributed by atoms with Crippen molar-refractivity contribution in [3.8, 4) is 5.69 Å². The van der Waals surface area contributed by atoms with Gasteiger partial charge >= 0.3 is 0 Å². The lowest BCUT2D eigenvalue weighted by atomic mass is 10.2. The average Bonchev–Trinajstić information content (AvgIpc) is 3.15. The minimum Gasteiger partial charge on any atom is -0.350 e. The van der Waals surface area contributed by atoms with Gasteiger partial charge in [-0.25, -0.2) is 13.8 Å². The van der Waals surface area contributed by atoms with E-state index in [2.05, 4.69) is 20.6 Å². The maximum absolute atomic E-state index is 13.1. The van der Waals surface area contributed by atoms with Crippen LogP contribution < -0.4 is 10.9 Å². The van der Waals surface area contributed by atoms with E-state index >= 15 is 0 Å². The topological polar surface area (TPSA) is 94.7 Å². The van der Waals surface area contributed by atoms with E-state index in [1.807, 2.05) is 0 Å². The van der Waals surface area contributed by atoms with E-state index in [0.717, 1.165) is 10.1 Å². The zero-order valence-corrected chi connectivity index (χ0v) is 14.9. The highest BCUT2D eigenvalue weighted by atomic mass is 19.1. The van der Waals surface area contributed by atoms with Crippen LogP contribution in [0.15, 0.2) is 59.7 Å². The fraction of sp³-hybridized carbons (Fsp3) is 0.105. The predicted octanol–water partition coefficient (Wildman–Crippen LogP) is 1.57. The predicted molar refractivity (Wildman–Crippen MR) is 99.1 cm³/mol. The fourth-order valence-corrected chi connectivity index (χ4v) is 2.73. The van der Waals surface area contributed by atoms with E-state index in [0.29, 0.717) is 5.69 Å². The van der Waals surface area contributed by atoms with E-state index in [-0.39, 0.29) is 30.1 Å². The first-order valence-electron chi connectivity index (χ1n) is 8.59. The van der Waals surface area contributed by atoms with Crippen molar-refractivity contribution in [3.05, 3.63) is 82.4 Å². The maximum atomic E-state index is 13.1. The Balaban J connectivity index is 1.52. The van der Waals surface area contributed by atoms with Crippen molar-refractivity contribution in [2.45, 2.75) is 13.1 Å². The first-order chi connectivity index (χ1) is 14.0. The third kappa shape index (κ3) is 3.86. The molecule has 0 radical (unpaired) electrons. The highest BCUT2D eigenvalue weighted by molar-refractivity contribution is 5.76. The Kier molecular flexibility index (Phi) is 4.82. The largest absolute Gasteiger partial charge is 0.350 e. The number of amides is 1. The van der Waals surface area contributed by atoms with E-state index in [9.17, 15) is 18.4 Å². The summed E-state index contributed by atoms with van der Waals surface area (Å²) in [5.41, 5.74) is 0.881. The first-order valence-corrected chi connectivity index (χ1v) is 8.59. The third-order valence-corrected chi connectivity index (χ3v) is 4.22. The molecule has 0 saturated heterocycles. The smallest absolute Gasteiger partial charge is 0.284 e. The Bertz CT molecular complexity index is 1230. The number of fused-ring (bicyclic) bond motifs is 1. The molecule has 0 fully saturated rings.